The Morgan fingerprint density at radius 1 is 0.635 bits per heavy atom. The van der Waals surface area contributed by atoms with Crippen molar-refractivity contribution in [3.05, 3.63) is 197 Å². The lowest BCUT2D eigenvalue weighted by molar-refractivity contribution is -0.147. The molecule has 8 aromatic rings. The van der Waals surface area contributed by atoms with Crippen LogP contribution in [0.4, 0.5) is 8.78 Å². The third kappa shape index (κ3) is 20.1. The summed E-state index contributed by atoms with van der Waals surface area (Å²) >= 11 is 3.13. The van der Waals surface area contributed by atoms with E-state index in [9.17, 15) is 33.5 Å². The maximum absolute atomic E-state index is 15.9. The number of unbranched alkanes of at least 4 members (excludes halogenated alkanes) is 1. The minimum Gasteiger partial charge on any atom is -0.481 e. The van der Waals surface area contributed by atoms with Crippen LogP contribution in [0.1, 0.15) is 105 Å². The number of carbonyl (C=O) groups is 10. The van der Waals surface area contributed by atoms with E-state index in [0.717, 1.165) is 11.1 Å². The van der Waals surface area contributed by atoms with Gasteiger partial charge in [0, 0.05) is 115 Å². The molecule has 29 heteroatoms. The molecule has 1 saturated heterocycles. The third-order valence-electron chi connectivity index (χ3n) is 18.7. The van der Waals surface area contributed by atoms with Crippen LogP contribution in [-0.4, -0.2) is 168 Å². The lowest BCUT2D eigenvalue weighted by atomic mass is 9.83. The zero-order valence-electron chi connectivity index (χ0n) is 57.6. The van der Waals surface area contributed by atoms with Gasteiger partial charge in [-0.2, -0.15) is 23.5 Å². The molecule has 0 aliphatic carbocycles. The molecule has 5 aromatic carbocycles. The summed E-state index contributed by atoms with van der Waals surface area (Å²) in [5.41, 5.74) is 9.49. The van der Waals surface area contributed by atoms with E-state index in [-0.39, 0.29) is 57.6 Å². The van der Waals surface area contributed by atoms with Crippen LogP contribution in [0.5, 0.6) is 0 Å². The number of aromatic amines is 3. The number of aliphatic carboxylic acids is 1. The summed E-state index contributed by atoms with van der Waals surface area (Å²) < 4.78 is 30.0. The molecule has 9 amide bonds. The Hall–Kier alpha value is -10.4. The second-order valence-corrected chi connectivity index (χ2v) is 28.5. The van der Waals surface area contributed by atoms with Crippen LogP contribution in [-0.2, 0) is 78.7 Å². The van der Waals surface area contributed by atoms with Crippen LogP contribution in [0.3, 0.4) is 0 Å². The van der Waals surface area contributed by atoms with Crippen molar-refractivity contribution in [1.29, 1.82) is 0 Å². The number of H-pyrrole nitrogens is 3. The van der Waals surface area contributed by atoms with Crippen molar-refractivity contribution in [2.75, 3.05) is 31.1 Å². The fourth-order valence-electron chi connectivity index (χ4n) is 13.2. The number of rotatable bonds is 15. The number of halogens is 2. The van der Waals surface area contributed by atoms with Gasteiger partial charge >= 0.3 is 5.97 Å². The normalized spacial score (nSPS) is 22.5. The van der Waals surface area contributed by atoms with Crippen LogP contribution in [0.25, 0.3) is 21.8 Å². The molecule has 104 heavy (non-hydrogen) atoms. The maximum atomic E-state index is 15.9. The SMILES string of the molecule is C[C@H]1NC(=O)[C@H](CCCCN)NC(=O)CCSCc2cccc(c2)CSCCNC(=O)[C@]2(C)CCCN2C(=O)[C@H](C(c2ccccc2)c2ccccc2)NC(=O)[C@H](Cc2cnc[nH]2)NC(=O)[C@H](CC(=O)O)NC(=O)[C@H](Cc2c[nH]c3ccc(F)cc23)NC(=O)[C@H](Cc2c[nH]c3ccc(F)cc23)NC1=O.[HH]. The van der Waals surface area contributed by atoms with Gasteiger partial charge in [0.2, 0.25) is 53.2 Å². The fourth-order valence-corrected chi connectivity index (χ4v) is 14.9. The molecule has 0 unspecified atom stereocenters. The highest BCUT2D eigenvalue weighted by molar-refractivity contribution is 7.98. The number of benzene rings is 5. The maximum Gasteiger partial charge on any atom is 0.305 e. The number of nitrogens with one attached hydrogen (secondary N) is 11. The van der Waals surface area contributed by atoms with Gasteiger partial charge in [0.05, 0.1) is 12.7 Å². The number of nitrogens with two attached hydrogens (primary N) is 1. The Balaban J connectivity index is 0.0000128. The quantitative estimate of drug-likeness (QED) is 0.0536. The van der Waals surface area contributed by atoms with Gasteiger partial charge in [-0.15, -0.1) is 0 Å². The van der Waals surface area contributed by atoms with Crippen LogP contribution in [0.2, 0.25) is 0 Å². The molecule has 8 atom stereocenters. The summed E-state index contributed by atoms with van der Waals surface area (Å²) in [4.78, 5) is 161. The van der Waals surface area contributed by atoms with E-state index < -0.39 is 137 Å². The molecule has 550 valence electrons. The summed E-state index contributed by atoms with van der Waals surface area (Å²) in [5, 5.41) is 33.1. The van der Waals surface area contributed by atoms with Gasteiger partial charge in [-0.25, -0.2) is 13.8 Å². The van der Waals surface area contributed by atoms with Gasteiger partial charge in [-0.05, 0) is 122 Å². The van der Waals surface area contributed by atoms with Crippen molar-refractivity contribution >= 4 is 104 Å². The molecule has 0 saturated carbocycles. The highest BCUT2D eigenvalue weighted by atomic mass is 32.2. The van der Waals surface area contributed by atoms with E-state index >= 15 is 28.4 Å². The molecule has 0 radical (unpaired) electrons. The Labute approximate surface area is 609 Å². The smallest absolute Gasteiger partial charge is 0.305 e. The molecule has 3 aromatic heterocycles. The van der Waals surface area contributed by atoms with Crippen molar-refractivity contribution in [3.8, 4) is 0 Å². The Morgan fingerprint density at radius 3 is 1.76 bits per heavy atom. The molecule has 10 rings (SSSR count). The number of fused-ring (bicyclic) bond motifs is 5. The van der Waals surface area contributed by atoms with Crippen molar-refractivity contribution < 1.29 is 63.3 Å². The van der Waals surface area contributed by atoms with E-state index in [1.807, 2.05) is 18.2 Å². The standard InChI is InChI=1S/C75H86F2N14O11S2.H2/c1-44-67(95)86-59(32-49-38-81-56-22-20-51(76)34-54(49)56)69(97)87-60(33-50-39-82-57-23-21-52(77)35-55(50)57)70(98)89-62(37-64(93)94)71(99)88-61(36-53-40-79-43-83-53)72(100)90-66(65(47-15-5-3-6-16-47)48-17-7-4-8-18-48)73(101)91-28-12-25-75(91,2)74(102)80-27-30-104-42-46-14-11-13-45(31-46)41-103-29-24-63(92)85-58(68(96)84-44)19-9-10-26-78;/h3-8,11,13-18,20-23,31,34-35,38-40,43-44,58-62,65-66,81-82H,9-10,12,19,24-30,32-33,36-37,41-42,78H2,1-2H3,(H,79,83)(H,80,102)(H,84,96)(H,85,92)(H,86,95)(H,87,97)(H,88,99)(H,89,98)(H,90,100)(H,93,94);1H/t44-,58+,59+,60+,61+,62+,66+,75+;/m1./s1. The lowest BCUT2D eigenvalue weighted by Gasteiger charge is -2.39. The third-order valence-corrected chi connectivity index (χ3v) is 20.8. The molecule has 2 aliphatic rings. The average molecular weight is 1460 g/mol. The molecule has 5 heterocycles. The fraction of sp³-hybridized carbons (Fsp3) is 0.373. The van der Waals surface area contributed by atoms with E-state index in [4.69, 9.17) is 5.73 Å². The van der Waals surface area contributed by atoms with Gasteiger partial charge in [0.1, 0.15) is 59.5 Å². The number of hydrogen-bond donors (Lipinski definition) is 13. The van der Waals surface area contributed by atoms with Crippen molar-refractivity contribution in [3.63, 3.8) is 0 Å². The first-order chi connectivity index (χ1) is 50.1. The number of carbonyl (C=O) groups excluding carboxylic acids is 9. The zero-order valence-corrected chi connectivity index (χ0v) is 59.2. The number of imidazole rings is 1. The Kier molecular flexibility index (Phi) is 26.5. The summed E-state index contributed by atoms with van der Waals surface area (Å²) in [6, 6.07) is 22.7. The van der Waals surface area contributed by atoms with Crippen molar-refractivity contribution in [1.82, 2.24) is 67.4 Å². The minimum atomic E-state index is -2.02. The predicted molar refractivity (Wildman–Crippen MR) is 393 cm³/mol. The first-order valence-electron chi connectivity index (χ1n) is 34.6. The first-order valence-corrected chi connectivity index (χ1v) is 36.9. The van der Waals surface area contributed by atoms with Crippen LogP contribution < -0.4 is 48.3 Å². The molecular formula is C75H88F2N14O11S2. The van der Waals surface area contributed by atoms with Gasteiger partial charge < -0.3 is 73.2 Å². The molecule has 14 N–H and O–H groups in total. The van der Waals surface area contributed by atoms with E-state index in [0.29, 0.717) is 87.6 Å². The second-order valence-electron chi connectivity index (χ2n) is 26.3. The second kappa shape index (κ2) is 36.2. The number of nitrogens with zero attached hydrogens (tertiary/aromatic N) is 2. The summed E-state index contributed by atoms with van der Waals surface area (Å²) in [7, 11) is 0. The van der Waals surface area contributed by atoms with Crippen LogP contribution >= 0.6 is 23.5 Å². The lowest BCUT2D eigenvalue weighted by Crippen LogP contribution is -2.63. The number of carboxylic acids is 1. The van der Waals surface area contributed by atoms with E-state index in [1.54, 1.807) is 79.3 Å². The predicted octanol–water partition coefficient (Wildman–Crippen LogP) is 5.84. The summed E-state index contributed by atoms with van der Waals surface area (Å²) in [5.74, 6) is -9.03. The number of aromatic nitrogens is 4. The number of amides is 9. The summed E-state index contributed by atoms with van der Waals surface area (Å²) in [6.45, 7) is 3.76. The van der Waals surface area contributed by atoms with Gasteiger partial charge in [-0.3, -0.25) is 47.9 Å². The van der Waals surface area contributed by atoms with Crippen LogP contribution in [0.15, 0.2) is 146 Å². The highest BCUT2D eigenvalue weighted by Crippen LogP contribution is 2.36. The van der Waals surface area contributed by atoms with Crippen LogP contribution in [0, 0.1) is 11.6 Å². The zero-order chi connectivity index (χ0) is 73.9. The highest BCUT2D eigenvalue weighted by Gasteiger charge is 2.49. The molecule has 0 spiro atoms. The molecule has 25 nitrogen and oxygen atoms in total. The Morgan fingerprint density at radius 2 is 1.18 bits per heavy atom. The number of carboxylic acid groups (broad SMARTS) is 1. The number of thioether (sulfide) groups is 2. The largest absolute Gasteiger partial charge is 0.481 e. The Bertz CT molecular complexity index is 4320. The first kappa shape index (κ1) is 76.3. The van der Waals surface area contributed by atoms with Gasteiger partial charge in [0.25, 0.3) is 0 Å². The van der Waals surface area contributed by atoms with Gasteiger partial charge in [-0.1, -0.05) is 84.9 Å². The average Bonchev–Trinajstić information content (AvgIpc) is 1.75. The number of hydrogen-bond acceptors (Lipinski definition) is 14. The minimum absolute atomic E-state index is 0. The monoisotopic (exact) mass is 1460 g/mol. The topological polar surface area (TPSA) is 377 Å². The van der Waals surface area contributed by atoms with Gasteiger partial charge in [0.15, 0.2) is 0 Å². The van der Waals surface area contributed by atoms with E-state index in [1.165, 1.54) is 84.9 Å². The summed E-state index contributed by atoms with van der Waals surface area (Å²) in [6.07, 6.45) is 5.35. The molecule has 2 bridgehead atoms. The van der Waals surface area contributed by atoms with Crippen molar-refractivity contribution in [2.24, 2.45) is 5.73 Å². The molecule has 2 aliphatic heterocycles. The molecular weight excluding hydrogens is 1380 g/mol. The van der Waals surface area contributed by atoms with E-state index in [2.05, 4.69) is 68.5 Å². The van der Waals surface area contributed by atoms with Crippen molar-refractivity contribution in [2.45, 2.75) is 143 Å². The molecule has 1 fully saturated rings.